The lowest BCUT2D eigenvalue weighted by Gasteiger charge is -2.20. The first-order valence-electron chi connectivity index (χ1n) is 12.0. The van der Waals surface area contributed by atoms with Crippen molar-refractivity contribution < 1.29 is 37.1 Å². The van der Waals surface area contributed by atoms with Gasteiger partial charge in [-0.05, 0) is 36.8 Å². The molecule has 15 heteroatoms. The Morgan fingerprint density at radius 1 is 1.18 bits per heavy atom. The summed E-state index contributed by atoms with van der Waals surface area (Å²) in [6, 6.07) is 4.92. The average Bonchev–Trinajstić information content (AvgIpc) is 3.35. The van der Waals surface area contributed by atoms with E-state index in [1.165, 1.54) is 25.3 Å². The Morgan fingerprint density at radius 2 is 1.95 bits per heavy atom. The summed E-state index contributed by atoms with van der Waals surface area (Å²) in [5, 5.41) is 26.9. The summed E-state index contributed by atoms with van der Waals surface area (Å²) >= 11 is 0. The molecule has 2 unspecified atom stereocenters. The molecule has 2 heterocycles. The van der Waals surface area contributed by atoms with Crippen LogP contribution in [0.5, 0.6) is 0 Å². The number of aromatic amines is 1. The highest BCUT2D eigenvalue weighted by Crippen LogP contribution is 2.32. The number of H-pyrrole nitrogens is 1. The van der Waals surface area contributed by atoms with Crippen molar-refractivity contribution in [2.75, 3.05) is 25.0 Å². The first kappa shape index (κ1) is 28.3. The van der Waals surface area contributed by atoms with E-state index < -0.39 is 54.7 Å². The molecular formula is C25H25F4N7O4. The van der Waals surface area contributed by atoms with E-state index in [1.54, 1.807) is 6.07 Å². The number of anilines is 1. The number of aromatic nitrogens is 2. The lowest BCUT2D eigenvalue weighted by molar-refractivity contribution is -0.138. The zero-order valence-electron chi connectivity index (χ0n) is 21.0. The molecule has 40 heavy (non-hydrogen) atoms. The number of aliphatic carboxylic acids is 1. The maximum absolute atomic E-state index is 13.3. The number of amides is 2. The Balaban J connectivity index is 1.47. The Morgan fingerprint density at radius 3 is 2.62 bits per heavy atom. The van der Waals surface area contributed by atoms with Crippen LogP contribution in [-0.2, 0) is 15.8 Å². The van der Waals surface area contributed by atoms with Gasteiger partial charge in [0, 0.05) is 11.1 Å². The van der Waals surface area contributed by atoms with Gasteiger partial charge in [-0.25, -0.2) is 9.38 Å². The molecule has 0 saturated carbocycles. The van der Waals surface area contributed by atoms with Crippen LogP contribution in [-0.4, -0.2) is 64.9 Å². The molecule has 2 atom stereocenters. The molecular weight excluding hydrogens is 538 g/mol. The number of aryl methyl sites for hydroxylation is 1. The van der Waals surface area contributed by atoms with E-state index in [0.29, 0.717) is 22.5 Å². The third-order valence-corrected chi connectivity index (χ3v) is 5.96. The normalized spacial score (nSPS) is 16.0. The molecule has 1 aromatic heterocycles. The van der Waals surface area contributed by atoms with E-state index in [2.05, 4.69) is 36.5 Å². The summed E-state index contributed by atoms with van der Waals surface area (Å²) in [5.74, 6) is -2.51. The van der Waals surface area contributed by atoms with Gasteiger partial charge in [0.05, 0.1) is 54.9 Å². The van der Waals surface area contributed by atoms with Gasteiger partial charge < -0.3 is 26.4 Å². The Bertz CT molecular complexity index is 1470. The van der Waals surface area contributed by atoms with E-state index in [1.807, 2.05) is 0 Å². The lowest BCUT2D eigenvalue weighted by atomic mass is 9.98. The topological polar surface area (TPSA) is 161 Å². The van der Waals surface area contributed by atoms with Crippen LogP contribution >= 0.6 is 0 Å². The number of fused-ring (bicyclic) bond motifs is 1. The number of nitrogens with one attached hydrogen (secondary N) is 5. The van der Waals surface area contributed by atoms with Crippen LogP contribution in [0.3, 0.4) is 0 Å². The number of carbonyl (C=O) groups is 3. The maximum Gasteiger partial charge on any atom is 0.416 e. The average molecular weight is 564 g/mol. The number of aliphatic imine (C=N–C) groups is 1. The van der Waals surface area contributed by atoms with Crippen molar-refractivity contribution in [3.05, 3.63) is 58.8 Å². The maximum atomic E-state index is 13.3. The number of hydrogen-bond donors (Lipinski definition) is 6. The number of carboxylic acid groups (broad SMARTS) is 1. The minimum absolute atomic E-state index is 0.0208. The van der Waals surface area contributed by atoms with Gasteiger partial charge in [-0.1, -0.05) is 11.6 Å². The predicted octanol–water partition coefficient (Wildman–Crippen LogP) is 2.66. The van der Waals surface area contributed by atoms with Crippen molar-refractivity contribution in [2.45, 2.75) is 31.7 Å². The molecule has 212 valence electrons. The number of alkyl halides is 4. The number of rotatable bonds is 8. The van der Waals surface area contributed by atoms with Gasteiger partial charge in [0.2, 0.25) is 5.91 Å². The number of benzene rings is 2. The van der Waals surface area contributed by atoms with Gasteiger partial charge in [0.1, 0.15) is 6.17 Å². The van der Waals surface area contributed by atoms with Gasteiger partial charge in [-0.15, -0.1) is 0 Å². The summed E-state index contributed by atoms with van der Waals surface area (Å²) in [5.41, 5.74) is 0.275. The molecule has 0 radical (unpaired) electrons. The second-order valence-corrected chi connectivity index (χ2v) is 9.18. The van der Waals surface area contributed by atoms with Crippen LogP contribution in [0.15, 0.2) is 41.5 Å². The van der Waals surface area contributed by atoms with Crippen LogP contribution in [0, 0.1) is 6.92 Å². The van der Waals surface area contributed by atoms with Crippen molar-refractivity contribution >= 4 is 40.3 Å². The van der Waals surface area contributed by atoms with E-state index in [0.717, 1.165) is 12.1 Å². The van der Waals surface area contributed by atoms with Gasteiger partial charge in [-0.2, -0.15) is 18.3 Å². The van der Waals surface area contributed by atoms with E-state index in [-0.39, 0.29) is 29.8 Å². The van der Waals surface area contributed by atoms with Gasteiger partial charge in [0.15, 0.2) is 5.96 Å². The molecule has 4 rings (SSSR count). The number of nitrogens with zero attached hydrogens (tertiary/aromatic N) is 2. The van der Waals surface area contributed by atoms with Crippen molar-refractivity contribution in [2.24, 2.45) is 4.99 Å². The number of carboxylic acids is 1. The highest BCUT2D eigenvalue weighted by Gasteiger charge is 2.32. The summed E-state index contributed by atoms with van der Waals surface area (Å²) in [6.07, 6.45) is -5.04. The fraction of sp³-hybridized carbons (Fsp3) is 0.320. The molecule has 0 aliphatic carbocycles. The molecule has 6 N–H and O–H groups in total. The van der Waals surface area contributed by atoms with Crippen molar-refractivity contribution in [3.8, 4) is 0 Å². The second kappa shape index (κ2) is 11.6. The summed E-state index contributed by atoms with van der Waals surface area (Å²) in [4.78, 5) is 41.1. The highest BCUT2D eigenvalue weighted by molar-refractivity contribution is 6.09. The first-order valence-corrected chi connectivity index (χ1v) is 12.0. The van der Waals surface area contributed by atoms with Crippen LogP contribution < -0.4 is 21.3 Å². The van der Waals surface area contributed by atoms with E-state index in [9.17, 15) is 37.1 Å². The summed E-state index contributed by atoms with van der Waals surface area (Å²) < 4.78 is 53.2. The van der Waals surface area contributed by atoms with Crippen molar-refractivity contribution in [1.82, 2.24) is 26.1 Å². The molecule has 1 aliphatic rings. The van der Waals surface area contributed by atoms with Crippen LogP contribution in [0.25, 0.3) is 10.9 Å². The van der Waals surface area contributed by atoms with Crippen LogP contribution in [0.1, 0.15) is 39.5 Å². The molecule has 0 bridgehead atoms. The predicted molar refractivity (Wildman–Crippen MR) is 137 cm³/mol. The fourth-order valence-corrected chi connectivity index (χ4v) is 4.16. The van der Waals surface area contributed by atoms with Crippen molar-refractivity contribution in [3.63, 3.8) is 0 Å². The smallest absolute Gasteiger partial charge is 0.416 e. The molecule has 0 spiro atoms. The van der Waals surface area contributed by atoms with Crippen LogP contribution in [0.4, 0.5) is 23.2 Å². The minimum Gasteiger partial charge on any atom is -0.481 e. The van der Waals surface area contributed by atoms with Crippen LogP contribution in [0.2, 0.25) is 0 Å². The number of hydrogen-bond acceptors (Lipinski definition) is 7. The van der Waals surface area contributed by atoms with Gasteiger partial charge >= 0.3 is 12.1 Å². The largest absolute Gasteiger partial charge is 0.481 e. The molecule has 3 aromatic rings. The van der Waals surface area contributed by atoms with Crippen molar-refractivity contribution in [1.29, 1.82) is 0 Å². The third kappa shape index (κ3) is 7.03. The van der Waals surface area contributed by atoms with E-state index in [4.69, 9.17) is 0 Å². The number of guanidine groups is 1. The Hall–Kier alpha value is -4.69. The fourth-order valence-electron chi connectivity index (χ4n) is 4.16. The van der Waals surface area contributed by atoms with E-state index >= 15 is 0 Å². The second-order valence-electron chi connectivity index (χ2n) is 9.18. The minimum atomic E-state index is -4.66. The van der Waals surface area contributed by atoms with Gasteiger partial charge in [0.25, 0.3) is 5.91 Å². The Labute approximate surface area is 224 Å². The lowest BCUT2D eigenvalue weighted by Crippen LogP contribution is -2.41. The Kier molecular flexibility index (Phi) is 8.21. The zero-order chi connectivity index (χ0) is 29.0. The molecule has 0 saturated heterocycles. The quantitative estimate of drug-likeness (QED) is 0.230. The monoisotopic (exact) mass is 563 g/mol. The number of carbonyl (C=O) groups excluding carboxylic acids is 2. The summed E-state index contributed by atoms with van der Waals surface area (Å²) in [6.45, 7) is 0.888. The highest BCUT2D eigenvalue weighted by atomic mass is 19.4. The summed E-state index contributed by atoms with van der Waals surface area (Å²) in [7, 11) is 0. The standard InChI is InChI=1S/C25H25F4N7O4/c1-12-2-13(4-14(3-12)25(27,28)29)19(7-22(38)39)35-21(37)11-30-23(40)17-5-16(6-20-18(17)10-33-36-20)34-24-31-8-15(26)9-32-24/h2-6,10,15,19H,7-9,11H2,1H3,(H,30,40)(H,33,36)(H,35,37)(H,38,39)(H2,31,32,34). The number of halogens is 4. The molecule has 11 nitrogen and oxygen atoms in total. The SMILES string of the molecule is Cc1cc(C(CC(=O)O)NC(=O)CNC(=O)c2cc(NC3=NCC(F)CN3)cc3[nH]ncc23)cc(C(F)(F)F)c1. The van der Waals surface area contributed by atoms with Gasteiger partial charge in [-0.3, -0.25) is 19.5 Å². The zero-order valence-corrected chi connectivity index (χ0v) is 21.0. The third-order valence-electron chi connectivity index (χ3n) is 5.96. The molecule has 0 fully saturated rings. The molecule has 1 aliphatic heterocycles. The first-order chi connectivity index (χ1) is 18.9. The molecule has 2 aromatic carbocycles. The molecule has 2 amide bonds.